The lowest BCUT2D eigenvalue weighted by molar-refractivity contribution is -0.274. The molecule has 0 unspecified atom stereocenters. The van der Waals surface area contributed by atoms with E-state index >= 15 is 0 Å². The fourth-order valence-electron chi connectivity index (χ4n) is 3.28. The molecule has 0 spiro atoms. The third kappa shape index (κ3) is 5.33. The van der Waals surface area contributed by atoms with Crippen LogP contribution < -0.4 is 20.1 Å². The number of urea groups is 1. The summed E-state index contributed by atoms with van der Waals surface area (Å²) < 4.78 is 72.6. The molecule has 2 aliphatic heterocycles. The van der Waals surface area contributed by atoms with Gasteiger partial charge in [0.2, 0.25) is 10.0 Å². The zero-order valence-corrected chi connectivity index (χ0v) is 16.7. The molecule has 1 aromatic carbocycles. The van der Waals surface area contributed by atoms with Gasteiger partial charge in [-0.15, -0.1) is 13.2 Å². The molecule has 166 valence electrons. The van der Waals surface area contributed by atoms with E-state index in [0.29, 0.717) is 18.6 Å². The van der Waals surface area contributed by atoms with Crippen molar-refractivity contribution in [3.63, 3.8) is 0 Å². The molecule has 9 nitrogen and oxygen atoms in total. The van der Waals surface area contributed by atoms with Gasteiger partial charge in [-0.3, -0.25) is 10.1 Å². The number of piperidine rings is 1. The Morgan fingerprint density at radius 2 is 1.70 bits per heavy atom. The highest BCUT2D eigenvalue weighted by Crippen LogP contribution is 2.27. The minimum Gasteiger partial charge on any atom is -0.490 e. The number of nitrogens with one attached hydrogen (secondary N) is 2. The zero-order valence-electron chi connectivity index (χ0n) is 15.9. The maximum atomic E-state index is 12.7. The van der Waals surface area contributed by atoms with Gasteiger partial charge < -0.3 is 14.8 Å². The number of rotatable bonds is 6. The van der Waals surface area contributed by atoms with Crippen LogP contribution in [0.5, 0.6) is 11.5 Å². The van der Waals surface area contributed by atoms with Gasteiger partial charge in [-0.25, -0.2) is 17.5 Å². The summed E-state index contributed by atoms with van der Waals surface area (Å²) in [5.74, 6) is -1.30. The van der Waals surface area contributed by atoms with Crippen LogP contribution >= 0.6 is 0 Å². The number of amides is 3. The number of sulfonamides is 1. The number of halogens is 3. The summed E-state index contributed by atoms with van der Waals surface area (Å²) in [6, 6.07) is 4.20. The molecular formula is C17H20F3N3O6S. The number of carbonyl (C=O) groups is 2. The van der Waals surface area contributed by atoms with Gasteiger partial charge in [-0.05, 0) is 44.0 Å². The molecule has 1 atom stereocenters. The highest BCUT2D eigenvalue weighted by atomic mass is 32.2. The number of carbonyl (C=O) groups excluding carboxylic acids is 2. The minimum absolute atomic E-state index is 0.147. The molecule has 13 heteroatoms. The number of hydrogen-bond donors (Lipinski definition) is 2. The predicted octanol–water partition coefficient (Wildman–Crippen LogP) is 1.36. The summed E-state index contributed by atoms with van der Waals surface area (Å²) >= 11 is 0. The van der Waals surface area contributed by atoms with Crippen molar-refractivity contribution in [2.75, 3.05) is 18.8 Å². The maximum absolute atomic E-state index is 12.7. The summed E-state index contributed by atoms with van der Waals surface area (Å²) in [5, 5.41) is 4.34. The average molecular weight is 451 g/mol. The Morgan fingerprint density at radius 1 is 1.13 bits per heavy atom. The Bertz CT molecular complexity index is 914. The zero-order chi connectivity index (χ0) is 22.2. The standard InChI is InChI=1S/C17H20F3N3O6S/c1-16(14(24)21-15(25)22-16)10-30(26,27)23-8-6-12(7-9-23)28-11-2-4-13(5-3-11)29-17(18,19)20/h2-5,12H,6-10H2,1H3,(H2,21,22,24,25)/t16-/m1/s1. The van der Waals surface area contributed by atoms with Gasteiger partial charge >= 0.3 is 12.4 Å². The van der Waals surface area contributed by atoms with E-state index in [9.17, 15) is 31.2 Å². The van der Waals surface area contributed by atoms with Crippen LogP contribution in [0.3, 0.4) is 0 Å². The van der Waals surface area contributed by atoms with Gasteiger partial charge in [0, 0.05) is 13.1 Å². The predicted molar refractivity (Wildman–Crippen MR) is 97.2 cm³/mol. The lowest BCUT2D eigenvalue weighted by atomic mass is 10.1. The van der Waals surface area contributed by atoms with Crippen molar-refractivity contribution < 1.29 is 40.7 Å². The fraction of sp³-hybridized carbons (Fsp3) is 0.529. The van der Waals surface area contributed by atoms with E-state index in [1.54, 1.807) is 0 Å². The van der Waals surface area contributed by atoms with Crippen LogP contribution in [-0.2, 0) is 14.8 Å². The third-order valence-electron chi connectivity index (χ3n) is 4.74. The van der Waals surface area contributed by atoms with Crippen LogP contribution in [0.2, 0.25) is 0 Å². The molecular weight excluding hydrogens is 431 g/mol. The summed E-state index contributed by atoms with van der Waals surface area (Å²) in [6.45, 7) is 1.63. The van der Waals surface area contributed by atoms with Crippen molar-refractivity contribution in [1.29, 1.82) is 0 Å². The quantitative estimate of drug-likeness (QED) is 0.632. The van der Waals surface area contributed by atoms with Crippen LogP contribution in [0.1, 0.15) is 19.8 Å². The largest absolute Gasteiger partial charge is 0.573 e. The molecule has 3 amide bonds. The lowest BCUT2D eigenvalue weighted by Crippen LogP contribution is -2.53. The highest BCUT2D eigenvalue weighted by molar-refractivity contribution is 7.89. The van der Waals surface area contributed by atoms with Crippen molar-refractivity contribution in [1.82, 2.24) is 14.9 Å². The van der Waals surface area contributed by atoms with Crippen molar-refractivity contribution in [2.24, 2.45) is 0 Å². The molecule has 0 radical (unpaired) electrons. The van der Waals surface area contributed by atoms with Crippen LogP contribution in [0.25, 0.3) is 0 Å². The van der Waals surface area contributed by atoms with Gasteiger partial charge in [0.05, 0.1) is 5.75 Å². The third-order valence-corrected chi connectivity index (χ3v) is 6.84. The van der Waals surface area contributed by atoms with E-state index < -0.39 is 39.6 Å². The van der Waals surface area contributed by atoms with Crippen LogP contribution in [0.15, 0.2) is 24.3 Å². The molecule has 3 rings (SSSR count). The van der Waals surface area contributed by atoms with E-state index in [1.807, 2.05) is 5.32 Å². The summed E-state index contributed by atoms with van der Waals surface area (Å²) in [6.07, 6.45) is -4.39. The normalized spacial score (nSPS) is 23.7. The van der Waals surface area contributed by atoms with Crippen LogP contribution in [0, 0.1) is 0 Å². The van der Waals surface area contributed by atoms with E-state index in [0.717, 1.165) is 12.1 Å². The number of alkyl halides is 3. The summed E-state index contributed by atoms with van der Waals surface area (Å²) in [7, 11) is -3.82. The number of ether oxygens (including phenoxy) is 2. The summed E-state index contributed by atoms with van der Waals surface area (Å²) in [5.41, 5.74) is -1.54. The van der Waals surface area contributed by atoms with Gasteiger partial charge in [0.1, 0.15) is 23.1 Å². The molecule has 2 saturated heterocycles. The molecule has 30 heavy (non-hydrogen) atoms. The second kappa shape index (κ2) is 7.95. The first-order chi connectivity index (χ1) is 13.9. The van der Waals surface area contributed by atoms with Gasteiger partial charge in [-0.1, -0.05) is 0 Å². The molecule has 0 aromatic heterocycles. The van der Waals surface area contributed by atoms with Crippen molar-refractivity contribution in [3.05, 3.63) is 24.3 Å². The summed E-state index contributed by atoms with van der Waals surface area (Å²) in [4.78, 5) is 23.2. The second-order valence-electron chi connectivity index (χ2n) is 7.23. The molecule has 0 saturated carbocycles. The smallest absolute Gasteiger partial charge is 0.490 e. The first-order valence-electron chi connectivity index (χ1n) is 9.00. The van der Waals surface area contributed by atoms with Gasteiger partial charge in [0.15, 0.2) is 0 Å². The SMILES string of the molecule is C[C@]1(CS(=O)(=O)N2CCC(Oc3ccc(OC(F)(F)F)cc3)CC2)NC(=O)NC1=O. The first-order valence-corrected chi connectivity index (χ1v) is 10.6. The molecule has 2 fully saturated rings. The number of nitrogens with zero attached hydrogens (tertiary/aromatic N) is 1. The fourth-order valence-corrected chi connectivity index (χ4v) is 5.16. The Morgan fingerprint density at radius 3 is 2.20 bits per heavy atom. The van der Waals surface area contributed by atoms with Gasteiger partial charge in [-0.2, -0.15) is 0 Å². The lowest BCUT2D eigenvalue weighted by Gasteiger charge is -2.33. The van der Waals surface area contributed by atoms with Crippen LogP contribution in [0.4, 0.5) is 18.0 Å². The van der Waals surface area contributed by atoms with Gasteiger partial charge in [0.25, 0.3) is 5.91 Å². The Labute approximate surface area is 170 Å². The Balaban J connectivity index is 1.53. The second-order valence-corrected chi connectivity index (χ2v) is 9.20. The maximum Gasteiger partial charge on any atom is 0.573 e. The number of imide groups is 1. The average Bonchev–Trinajstić information content (AvgIpc) is 2.86. The van der Waals surface area contributed by atoms with Crippen molar-refractivity contribution >= 4 is 22.0 Å². The molecule has 2 aliphatic rings. The van der Waals surface area contributed by atoms with E-state index in [4.69, 9.17) is 4.74 Å². The molecule has 0 bridgehead atoms. The van der Waals surface area contributed by atoms with E-state index in [2.05, 4.69) is 10.1 Å². The number of hydrogen-bond acceptors (Lipinski definition) is 6. The molecule has 0 aliphatic carbocycles. The van der Waals surface area contributed by atoms with Crippen molar-refractivity contribution in [3.8, 4) is 11.5 Å². The minimum atomic E-state index is -4.78. The molecule has 1 aromatic rings. The van der Waals surface area contributed by atoms with E-state index in [1.165, 1.54) is 23.4 Å². The Kier molecular flexibility index (Phi) is 5.87. The molecule has 2 N–H and O–H groups in total. The monoisotopic (exact) mass is 451 g/mol. The number of benzene rings is 1. The van der Waals surface area contributed by atoms with Crippen molar-refractivity contribution in [2.45, 2.75) is 37.8 Å². The Hall–Kier alpha value is -2.54. The van der Waals surface area contributed by atoms with Crippen LogP contribution in [-0.4, -0.2) is 61.5 Å². The topological polar surface area (TPSA) is 114 Å². The molecule has 2 heterocycles. The van der Waals surface area contributed by atoms with E-state index in [-0.39, 0.29) is 24.9 Å². The highest BCUT2D eigenvalue weighted by Gasteiger charge is 2.47. The first kappa shape index (κ1) is 22.2.